The van der Waals surface area contributed by atoms with Crippen LogP contribution in [0, 0.1) is 17.3 Å². The topological polar surface area (TPSA) is 0 Å². The summed E-state index contributed by atoms with van der Waals surface area (Å²) in [6.07, 6.45) is 7.15. The van der Waals surface area contributed by atoms with Gasteiger partial charge in [-0.3, -0.25) is 0 Å². The standard InChI is InChI=1S/C18H26.C10H15.C5H5.2CH3.4ClH.2Zr/c1-9-10(2)14(6)17(13(9)5)18-15(7)11(3)12(4)16(18)8;1-7-6-10(4,5)9(3)8(7)2;1-2-4-5-3-1;;;;;;;;/h13,15H,1-8H3;1-5H3;1-3H,4H2;2*1H3;4*1H;;/q;;;;;;;;;2*+2/p-4. The van der Waals surface area contributed by atoms with Gasteiger partial charge in [-0.1, -0.05) is 25.0 Å². The molecule has 0 aromatic heterocycles. The second-order valence-electron chi connectivity index (χ2n) is 13.4. The van der Waals surface area contributed by atoms with Crippen LogP contribution >= 0.6 is 17.0 Å². The van der Waals surface area contributed by atoms with Crippen molar-refractivity contribution in [1.29, 1.82) is 0 Å². The Labute approximate surface area is 288 Å². The molecular weight excluding hydrogens is 745 g/mol. The van der Waals surface area contributed by atoms with Crippen LogP contribution in [0.25, 0.3) is 0 Å². The fourth-order valence-electron chi connectivity index (χ4n) is 6.15. The predicted molar refractivity (Wildman–Crippen MR) is 171 cm³/mol. The van der Waals surface area contributed by atoms with Gasteiger partial charge in [0.15, 0.2) is 0 Å². The Balaban J connectivity index is 0.000000606. The third-order valence-electron chi connectivity index (χ3n) is 10.3. The first-order valence-electron chi connectivity index (χ1n) is 14.4. The number of halogens is 4. The molecule has 0 nitrogen and oxygen atoms in total. The normalized spacial score (nSPS) is 24.6. The van der Waals surface area contributed by atoms with Gasteiger partial charge < -0.3 is 24.8 Å². The van der Waals surface area contributed by atoms with Crippen molar-refractivity contribution in [2.45, 2.75) is 106 Å². The molecule has 228 valence electrons. The van der Waals surface area contributed by atoms with E-state index in [0.29, 0.717) is 17.3 Å². The first-order chi connectivity index (χ1) is 17.5. The molecule has 4 aliphatic carbocycles. The van der Waals surface area contributed by atoms with Crippen LogP contribution in [0.2, 0.25) is 9.26 Å². The molecule has 2 unspecified atom stereocenters. The summed E-state index contributed by atoms with van der Waals surface area (Å²) in [7, 11) is 12.5. The van der Waals surface area contributed by atoms with Crippen LogP contribution < -0.4 is 24.8 Å². The van der Waals surface area contributed by atoms with Crippen molar-refractivity contribution >= 4 is 17.0 Å². The molecule has 0 bridgehead atoms. The number of allylic oxidation sites excluding steroid dienone is 16. The fraction of sp³-hybridized carbons (Fsp3) is 0.543. The van der Waals surface area contributed by atoms with E-state index in [1.807, 2.05) is 15.3 Å². The van der Waals surface area contributed by atoms with Crippen LogP contribution in [-0.4, -0.2) is 0 Å². The molecule has 0 saturated heterocycles. The largest absolute Gasteiger partial charge is 1.00 e. The van der Waals surface area contributed by atoms with Crippen LogP contribution in [0.1, 0.15) is 96.4 Å². The molecule has 6 heteroatoms. The molecule has 0 amide bonds. The third kappa shape index (κ3) is 8.77. The Morgan fingerprint density at radius 2 is 1.10 bits per heavy atom. The first kappa shape index (κ1) is 41.8. The summed E-state index contributed by atoms with van der Waals surface area (Å²) in [4.78, 5) is 0. The second-order valence-corrected chi connectivity index (χ2v) is 40.6. The average molecular weight is 797 g/mol. The summed E-state index contributed by atoms with van der Waals surface area (Å²) in [5.41, 5.74) is 17.3. The van der Waals surface area contributed by atoms with E-state index in [-0.39, 0.29) is 24.8 Å². The molecule has 0 radical (unpaired) electrons. The molecule has 0 aliphatic heterocycles. The van der Waals surface area contributed by atoms with Gasteiger partial charge in [-0.25, -0.2) is 0 Å². The maximum absolute atomic E-state index is 6.26. The second kappa shape index (κ2) is 15.0. The molecule has 4 aliphatic rings. The smallest absolute Gasteiger partial charge is 1.00 e. The Morgan fingerprint density at radius 3 is 1.24 bits per heavy atom. The molecule has 0 fully saturated rings. The molecule has 0 aromatic carbocycles. The first-order valence-corrected chi connectivity index (χ1v) is 28.1. The zero-order valence-electron chi connectivity index (χ0n) is 28.1. The van der Waals surface area contributed by atoms with Crippen LogP contribution in [-0.2, 0) is 41.1 Å². The Hall–Kier alpha value is 0.846. The van der Waals surface area contributed by atoms with E-state index in [0.717, 1.165) is 6.42 Å². The van der Waals surface area contributed by atoms with E-state index in [9.17, 15) is 0 Å². The van der Waals surface area contributed by atoms with Crippen molar-refractivity contribution in [1.82, 2.24) is 0 Å². The maximum Gasteiger partial charge on any atom is -1.00 e. The molecule has 0 spiro atoms. The van der Waals surface area contributed by atoms with E-state index in [1.165, 1.54) is 36.7 Å². The quantitative estimate of drug-likeness (QED) is 0.292. The minimum Gasteiger partial charge on any atom is -1.00 e. The molecule has 0 saturated carbocycles. The fourth-order valence-corrected chi connectivity index (χ4v) is 11.8. The average Bonchev–Trinajstić information content (AvgIpc) is 3.54. The number of hydrogen-bond donors (Lipinski definition) is 0. The molecular formula is C35H52Cl4Zr2. The van der Waals surface area contributed by atoms with Crippen LogP contribution in [0.5, 0.6) is 0 Å². The van der Waals surface area contributed by atoms with Crippen LogP contribution in [0.3, 0.4) is 0 Å². The Kier molecular flexibility index (Phi) is 15.3. The zero-order valence-corrected chi connectivity index (χ0v) is 36.0. The van der Waals surface area contributed by atoms with Gasteiger partial charge in [-0.15, -0.1) is 0 Å². The molecule has 0 heterocycles. The third-order valence-corrected chi connectivity index (χ3v) is 20.9. The molecule has 0 N–H and O–H groups in total. The summed E-state index contributed by atoms with van der Waals surface area (Å²) < 4.78 is 6.93. The van der Waals surface area contributed by atoms with Gasteiger partial charge in [0.2, 0.25) is 0 Å². The van der Waals surface area contributed by atoms with E-state index < -0.39 is 16.4 Å². The summed E-state index contributed by atoms with van der Waals surface area (Å²) in [5.74, 6) is 1.19. The molecule has 2 atom stereocenters. The summed E-state index contributed by atoms with van der Waals surface area (Å²) in [6.45, 7) is 29.9. The summed E-state index contributed by atoms with van der Waals surface area (Å²) in [5, 5.41) is 0. The molecule has 0 aromatic rings. The van der Waals surface area contributed by atoms with E-state index >= 15 is 0 Å². The van der Waals surface area contributed by atoms with Gasteiger partial charge in [-0.05, 0) is 75.0 Å². The van der Waals surface area contributed by atoms with E-state index in [2.05, 4.69) is 102 Å². The number of rotatable bonds is 2. The molecule has 4 rings (SSSR count). The van der Waals surface area contributed by atoms with Crippen LogP contribution in [0.4, 0.5) is 0 Å². The number of hydrogen-bond acceptors (Lipinski definition) is 0. The zero-order chi connectivity index (χ0) is 30.4. The van der Waals surface area contributed by atoms with Crippen molar-refractivity contribution in [3.8, 4) is 0 Å². The molecule has 41 heavy (non-hydrogen) atoms. The van der Waals surface area contributed by atoms with Crippen molar-refractivity contribution in [3.63, 3.8) is 0 Å². The summed E-state index contributed by atoms with van der Waals surface area (Å²) in [6, 6.07) is 0. The maximum atomic E-state index is 6.26. The van der Waals surface area contributed by atoms with E-state index in [1.54, 1.807) is 55.9 Å². The van der Waals surface area contributed by atoms with Gasteiger partial charge in [0.25, 0.3) is 0 Å². The minimum absolute atomic E-state index is 0. The van der Waals surface area contributed by atoms with Gasteiger partial charge in [0.05, 0.1) is 0 Å². The van der Waals surface area contributed by atoms with Gasteiger partial charge >= 0.3 is 155 Å². The van der Waals surface area contributed by atoms with Crippen LogP contribution in [0.15, 0.2) is 86.1 Å². The SMILES string of the molecule is CC1=C(C)C(C)(C)[C]([Zr+2])=C1C.CC1=C(C)C(C)C(C2=C(C)C(C)=C(C)C2C)=C1C.[CH3][Zr]([CH3])([Cl])([Cl])[C]1=CC=CC1.[Cl-].[Cl-]. The van der Waals surface area contributed by atoms with Gasteiger partial charge in [-0.2, -0.15) is 0 Å². The van der Waals surface area contributed by atoms with Crippen molar-refractivity contribution in [2.24, 2.45) is 17.3 Å². The van der Waals surface area contributed by atoms with Crippen molar-refractivity contribution in [3.05, 3.63) is 86.1 Å². The Bertz CT molecular complexity index is 1230. The Morgan fingerprint density at radius 1 is 0.707 bits per heavy atom. The van der Waals surface area contributed by atoms with E-state index in [4.69, 9.17) is 17.0 Å². The van der Waals surface area contributed by atoms with Crippen molar-refractivity contribution in [2.75, 3.05) is 0 Å². The summed E-state index contributed by atoms with van der Waals surface area (Å²) >= 11 is -1.69. The minimum atomic E-state index is -3.26. The monoisotopic (exact) mass is 792 g/mol. The van der Waals surface area contributed by atoms with Crippen molar-refractivity contribution < 1.29 is 65.9 Å². The van der Waals surface area contributed by atoms with Gasteiger partial charge in [0, 0.05) is 11.8 Å². The predicted octanol–water partition coefficient (Wildman–Crippen LogP) is 6.71. The van der Waals surface area contributed by atoms with Gasteiger partial charge in [0.1, 0.15) is 0 Å².